The predicted molar refractivity (Wildman–Crippen MR) is 94.7 cm³/mol. The molecule has 2 heterocycles. The Morgan fingerprint density at radius 3 is 2.33 bits per heavy atom. The summed E-state index contributed by atoms with van der Waals surface area (Å²) in [6, 6.07) is 17.2. The first kappa shape index (κ1) is 16.6. The number of aromatic hydroxyl groups is 1. The quantitative estimate of drug-likeness (QED) is 0.535. The first-order chi connectivity index (χ1) is 13.2. The number of hydrogen-bond donors (Lipinski definition) is 1. The molecule has 0 radical (unpaired) electrons. The Morgan fingerprint density at radius 1 is 0.963 bits per heavy atom. The van der Waals surface area contributed by atoms with E-state index in [9.17, 15) is 9.90 Å². The van der Waals surface area contributed by atoms with Gasteiger partial charge in [0, 0.05) is 0 Å². The van der Waals surface area contributed by atoms with Crippen LogP contribution in [0.1, 0.15) is 16.2 Å². The minimum absolute atomic E-state index is 0.133. The molecule has 0 aliphatic heterocycles. The smallest absolute Gasteiger partial charge is 0.338 e. The Balaban J connectivity index is 1.39. The molecule has 4 rings (SSSR count). The van der Waals surface area contributed by atoms with Crippen LogP contribution in [0.15, 0.2) is 75.8 Å². The fourth-order valence-electron chi connectivity index (χ4n) is 2.48. The van der Waals surface area contributed by atoms with Crippen LogP contribution >= 0.6 is 0 Å². The van der Waals surface area contributed by atoms with Crippen LogP contribution in [0.2, 0.25) is 0 Å². The summed E-state index contributed by atoms with van der Waals surface area (Å²) in [6.07, 6.45) is 1.50. The van der Waals surface area contributed by atoms with E-state index in [0.29, 0.717) is 11.3 Å². The Labute approximate surface area is 153 Å². The third kappa shape index (κ3) is 3.72. The highest BCUT2D eigenvalue weighted by Gasteiger charge is 2.14. The summed E-state index contributed by atoms with van der Waals surface area (Å²) in [4.78, 5) is 12.2. The number of carbonyl (C=O) groups is 1. The Hall–Kier alpha value is -3.87. The maximum atomic E-state index is 12.2. The van der Waals surface area contributed by atoms with Crippen LogP contribution in [0.5, 0.6) is 5.75 Å². The molecule has 27 heavy (non-hydrogen) atoms. The van der Waals surface area contributed by atoms with Gasteiger partial charge in [-0.25, -0.2) is 4.79 Å². The zero-order valence-corrected chi connectivity index (χ0v) is 14.0. The van der Waals surface area contributed by atoms with Gasteiger partial charge in [-0.1, -0.05) is 24.3 Å². The summed E-state index contributed by atoms with van der Waals surface area (Å²) < 4.78 is 15.8. The topological polar surface area (TPSA) is 98.6 Å². The summed E-state index contributed by atoms with van der Waals surface area (Å²) in [5.41, 5.74) is 2.26. The number of phenols is 1. The highest BCUT2D eigenvalue weighted by Crippen LogP contribution is 2.23. The van der Waals surface area contributed by atoms with Crippen molar-refractivity contribution in [2.75, 3.05) is 0 Å². The maximum Gasteiger partial charge on any atom is 0.338 e. The van der Waals surface area contributed by atoms with Crippen molar-refractivity contribution in [1.29, 1.82) is 0 Å². The van der Waals surface area contributed by atoms with Crippen LogP contribution in [0.4, 0.5) is 0 Å². The molecule has 0 fully saturated rings. The van der Waals surface area contributed by atoms with E-state index in [-0.39, 0.29) is 24.1 Å². The second kappa shape index (κ2) is 7.17. The van der Waals surface area contributed by atoms with Gasteiger partial charge in [-0.15, -0.1) is 10.2 Å². The van der Waals surface area contributed by atoms with Gasteiger partial charge in [-0.05, 0) is 47.5 Å². The van der Waals surface area contributed by atoms with Gasteiger partial charge in [-0.2, -0.15) is 0 Å². The van der Waals surface area contributed by atoms with Crippen molar-refractivity contribution in [3.8, 4) is 28.5 Å². The third-order valence-corrected chi connectivity index (χ3v) is 3.85. The lowest BCUT2D eigenvalue weighted by Gasteiger charge is -2.05. The normalized spacial score (nSPS) is 10.7. The number of carbonyl (C=O) groups excluding carboxylic acids is 1. The minimum atomic E-state index is -0.495. The van der Waals surface area contributed by atoms with Gasteiger partial charge >= 0.3 is 5.97 Å². The van der Waals surface area contributed by atoms with E-state index in [4.69, 9.17) is 13.6 Å². The van der Waals surface area contributed by atoms with Gasteiger partial charge in [-0.3, -0.25) is 0 Å². The van der Waals surface area contributed by atoms with Gasteiger partial charge in [0.15, 0.2) is 12.4 Å². The molecule has 0 unspecified atom stereocenters. The van der Waals surface area contributed by atoms with Crippen molar-refractivity contribution in [3.63, 3.8) is 0 Å². The predicted octanol–water partition coefficient (Wildman–Crippen LogP) is 4.06. The van der Waals surface area contributed by atoms with Crippen molar-refractivity contribution < 1.29 is 23.5 Å². The second-order valence-electron chi connectivity index (χ2n) is 5.68. The molecular formula is C20H14N2O5. The molecule has 0 amide bonds. The first-order valence-electron chi connectivity index (χ1n) is 8.12. The Morgan fingerprint density at radius 2 is 1.67 bits per heavy atom. The molecule has 7 heteroatoms. The number of esters is 1. The molecule has 4 aromatic rings. The number of furan rings is 1. The molecule has 0 aliphatic carbocycles. The van der Waals surface area contributed by atoms with Crippen LogP contribution in [-0.2, 0) is 11.3 Å². The van der Waals surface area contributed by atoms with E-state index in [1.165, 1.54) is 6.26 Å². The number of hydrogen-bond acceptors (Lipinski definition) is 7. The van der Waals surface area contributed by atoms with E-state index in [1.807, 2.05) is 12.1 Å². The monoisotopic (exact) mass is 362 g/mol. The van der Waals surface area contributed by atoms with Crippen molar-refractivity contribution in [2.45, 2.75) is 6.61 Å². The van der Waals surface area contributed by atoms with E-state index < -0.39 is 5.97 Å². The Bertz CT molecular complexity index is 1030. The van der Waals surface area contributed by atoms with Gasteiger partial charge in [0.2, 0.25) is 0 Å². The summed E-state index contributed by atoms with van der Waals surface area (Å²) in [6.45, 7) is -0.133. The zero-order chi connectivity index (χ0) is 18.6. The fourth-order valence-corrected chi connectivity index (χ4v) is 2.48. The molecule has 0 spiro atoms. The summed E-state index contributed by atoms with van der Waals surface area (Å²) >= 11 is 0. The molecular weight excluding hydrogens is 348 g/mol. The maximum absolute atomic E-state index is 12.2. The lowest BCUT2D eigenvalue weighted by molar-refractivity contribution is 0.0438. The second-order valence-corrected chi connectivity index (χ2v) is 5.68. The number of nitrogens with zero attached hydrogens (tertiary/aromatic N) is 2. The van der Waals surface area contributed by atoms with Gasteiger partial charge in [0.05, 0.1) is 11.8 Å². The number of benzene rings is 2. The van der Waals surface area contributed by atoms with E-state index in [1.54, 1.807) is 48.5 Å². The third-order valence-electron chi connectivity index (χ3n) is 3.85. The van der Waals surface area contributed by atoms with Gasteiger partial charge in [0.1, 0.15) is 5.75 Å². The van der Waals surface area contributed by atoms with Crippen molar-refractivity contribution in [1.82, 2.24) is 10.2 Å². The van der Waals surface area contributed by atoms with Gasteiger partial charge < -0.3 is 18.7 Å². The van der Waals surface area contributed by atoms with Gasteiger partial charge in [0.25, 0.3) is 11.8 Å². The average molecular weight is 362 g/mol. The standard InChI is InChI=1S/C20H14N2O5/c23-16-9-7-14(8-10-16)13-3-5-15(6-4-13)20(24)26-12-18-21-22-19(27-18)17-2-1-11-25-17/h1-11,23H,12H2. The highest BCUT2D eigenvalue weighted by atomic mass is 16.5. The highest BCUT2D eigenvalue weighted by molar-refractivity contribution is 5.90. The van der Waals surface area contributed by atoms with Crippen LogP contribution < -0.4 is 0 Å². The molecule has 0 atom stereocenters. The molecule has 0 bridgehead atoms. The number of phenolic OH excluding ortho intramolecular Hbond substituents is 1. The lowest BCUT2D eigenvalue weighted by Crippen LogP contribution is -2.05. The molecule has 2 aromatic heterocycles. The Kier molecular flexibility index (Phi) is 4.40. The molecule has 0 saturated heterocycles. The lowest BCUT2D eigenvalue weighted by atomic mass is 10.0. The molecule has 0 aliphatic rings. The minimum Gasteiger partial charge on any atom is -0.508 e. The summed E-state index contributed by atoms with van der Waals surface area (Å²) in [7, 11) is 0. The van der Waals surface area contributed by atoms with Crippen molar-refractivity contribution >= 4 is 5.97 Å². The van der Waals surface area contributed by atoms with Crippen LogP contribution in [0.3, 0.4) is 0 Å². The molecule has 134 valence electrons. The first-order valence-corrected chi connectivity index (χ1v) is 8.12. The average Bonchev–Trinajstić information content (AvgIpc) is 3.38. The SMILES string of the molecule is O=C(OCc1nnc(-c2ccco2)o1)c1ccc(-c2ccc(O)cc2)cc1. The summed E-state index contributed by atoms with van der Waals surface area (Å²) in [5, 5.41) is 17.0. The fraction of sp³-hybridized carbons (Fsp3) is 0.0500. The van der Waals surface area contributed by atoms with Crippen LogP contribution in [-0.4, -0.2) is 21.3 Å². The zero-order valence-electron chi connectivity index (χ0n) is 14.0. The number of aromatic nitrogens is 2. The van der Waals surface area contributed by atoms with Crippen molar-refractivity contribution in [2.24, 2.45) is 0 Å². The molecule has 1 N–H and O–H groups in total. The molecule has 2 aromatic carbocycles. The van der Waals surface area contributed by atoms with Crippen LogP contribution in [0.25, 0.3) is 22.8 Å². The van der Waals surface area contributed by atoms with Crippen LogP contribution in [0, 0.1) is 0 Å². The molecule has 0 saturated carbocycles. The summed E-state index contributed by atoms with van der Waals surface area (Å²) in [5.74, 6) is 0.560. The largest absolute Gasteiger partial charge is 0.508 e. The van der Waals surface area contributed by atoms with E-state index in [2.05, 4.69) is 10.2 Å². The van der Waals surface area contributed by atoms with Crippen molar-refractivity contribution in [3.05, 3.63) is 78.4 Å². The van der Waals surface area contributed by atoms with E-state index in [0.717, 1.165) is 11.1 Å². The molecule has 7 nitrogen and oxygen atoms in total. The number of ether oxygens (including phenoxy) is 1. The van der Waals surface area contributed by atoms with E-state index >= 15 is 0 Å². The number of rotatable bonds is 5.